The van der Waals surface area contributed by atoms with Gasteiger partial charge in [0.2, 0.25) is 5.91 Å². The van der Waals surface area contributed by atoms with Crippen molar-refractivity contribution in [3.05, 3.63) is 0 Å². The number of carbonyl (C=O) groups is 1. The molecule has 0 radical (unpaired) electrons. The van der Waals surface area contributed by atoms with Crippen LogP contribution < -0.4 is 11.1 Å². The number of nitrogens with two attached hydrogens (primary N) is 1. The molecule has 1 fully saturated rings. The summed E-state index contributed by atoms with van der Waals surface area (Å²) in [6.07, 6.45) is 4.27. The molecule has 0 aromatic rings. The molecule has 3 nitrogen and oxygen atoms in total. The van der Waals surface area contributed by atoms with Gasteiger partial charge >= 0.3 is 0 Å². The summed E-state index contributed by atoms with van der Waals surface area (Å²) < 4.78 is 0. The third-order valence-corrected chi connectivity index (χ3v) is 3.82. The van der Waals surface area contributed by atoms with E-state index in [2.05, 4.69) is 24.0 Å². The van der Waals surface area contributed by atoms with Crippen LogP contribution in [0.2, 0.25) is 0 Å². The molecule has 1 amide bonds. The van der Waals surface area contributed by atoms with E-state index in [1.165, 1.54) is 25.0 Å². The Labute approximate surface area is 90.2 Å². The van der Waals surface area contributed by atoms with E-state index < -0.39 is 0 Å². The van der Waals surface area contributed by atoms with Gasteiger partial charge in [-0.1, -0.05) is 6.92 Å². The van der Waals surface area contributed by atoms with Gasteiger partial charge in [0.1, 0.15) is 0 Å². The van der Waals surface area contributed by atoms with Crippen molar-refractivity contribution in [1.82, 2.24) is 5.32 Å². The van der Waals surface area contributed by atoms with E-state index >= 15 is 0 Å². The van der Waals surface area contributed by atoms with Crippen LogP contribution >= 0.6 is 11.8 Å². The predicted molar refractivity (Wildman–Crippen MR) is 61.4 cm³/mol. The van der Waals surface area contributed by atoms with E-state index in [0.29, 0.717) is 12.5 Å². The van der Waals surface area contributed by atoms with Crippen LogP contribution in [0.1, 0.15) is 32.6 Å². The largest absolute Gasteiger partial charge is 0.370 e. The van der Waals surface area contributed by atoms with Gasteiger partial charge in [-0.2, -0.15) is 11.8 Å². The average molecular weight is 216 g/mol. The van der Waals surface area contributed by atoms with Crippen LogP contribution in [0, 0.1) is 0 Å². The number of rotatable bonds is 6. The molecule has 2 unspecified atom stereocenters. The number of hydrogen-bond donors (Lipinski definition) is 2. The van der Waals surface area contributed by atoms with Crippen LogP contribution in [0.3, 0.4) is 0 Å². The summed E-state index contributed by atoms with van der Waals surface area (Å²) in [5.74, 6) is 0.994. The van der Waals surface area contributed by atoms with Crippen molar-refractivity contribution in [2.45, 2.75) is 43.9 Å². The van der Waals surface area contributed by atoms with Crippen molar-refractivity contribution in [3.63, 3.8) is 0 Å². The van der Waals surface area contributed by atoms with Crippen molar-refractivity contribution >= 4 is 17.7 Å². The summed E-state index contributed by atoms with van der Waals surface area (Å²) in [7, 11) is 0. The number of nitrogens with one attached hydrogen (secondary N) is 1. The zero-order chi connectivity index (χ0) is 10.4. The lowest BCUT2D eigenvalue weighted by atomic mass is 10.2. The molecule has 0 aromatic heterocycles. The first-order chi connectivity index (χ1) is 6.72. The molecule has 0 saturated heterocycles. The highest BCUT2D eigenvalue weighted by Gasteiger charge is 2.23. The van der Waals surface area contributed by atoms with Crippen LogP contribution in [0.4, 0.5) is 0 Å². The smallest absolute Gasteiger partial charge is 0.218 e. The van der Waals surface area contributed by atoms with E-state index in [9.17, 15) is 4.79 Å². The van der Waals surface area contributed by atoms with E-state index in [4.69, 9.17) is 5.73 Å². The fourth-order valence-corrected chi connectivity index (χ4v) is 3.05. The van der Waals surface area contributed by atoms with Crippen molar-refractivity contribution in [1.29, 1.82) is 0 Å². The molecule has 1 saturated carbocycles. The molecule has 82 valence electrons. The summed E-state index contributed by atoms with van der Waals surface area (Å²) >= 11 is 2.05. The van der Waals surface area contributed by atoms with Gasteiger partial charge in [0.05, 0.1) is 0 Å². The summed E-state index contributed by atoms with van der Waals surface area (Å²) in [6, 6.07) is 0.610. The normalized spacial score (nSPS) is 26.6. The van der Waals surface area contributed by atoms with Gasteiger partial charge in [0, 0.05) is 24.3 Å². The second-order valence-corrected chi connectivity index (χ2v) is 5.34. The minimum atomic E-state index is -0.213. The second-order valence-electron chi connectivity index (χ2n) is 3.76. The second kappa shape index (κ2) is 6.30. The third kappa shape index (κ3) is 4.33. The first-order valence-electron chi connectivity index (χ1n) is 5.35. The van der Waals surface area contributed by atoms with Crippen LogP contribution in [0.25, 0.3) is 0 Å². The molecular weight excluding hydrogens is 196 g/mol. The van der Waals surface area contributed by atoms with Crippen LogP contribution in [0.15, 0.2) is 0 Å². The molecule has 0 aliphatic heterocycles. The van der Waals surface area contributed by atoms with Crippen LogP contribution in [-0.2, 0) is 4.79 Å². The quantitative estimate of drug-likeness (QED) is 0.699. The lowest BCUT2D eigenvalue weighted by molar-refractivity contribution is -0.117. The minimum absolute atomic E-state index is 0.213. The average Bonchev–Trinajstić information content (AvgIpc) is 2.53. The molecule has 0 aromatic carbocycles. The molecule has 0 spiro atoms. The summed E-state index contributed by atoms with van der Waals surface area (Å²) in [5.41, 5.74) is 5.07. The van der Waals surface area contributed by atoms with E-state index in [-0.39, 0.29) is 5.91 Å². The van der Waals surface area contributed by atoms with E-state index in [1.807, 2.05) is 0 Å². The predicted octanol–water partition coefficient (Wildman–Crippen LogP) is 1.13. The zero-order valence-corrected chi connectivity index (χ0v) is 9.61. The Bertz CT molecular complexity index is 187. The highest BCUT2D eigenvalue weighted by Crippen LogP contribution is 2.29. The molecule has 0 bridgehead atoms. The topological polar surface area (TPSA) is 55.1 Å². The molecular formula is C10H20N2OS. The Morgan fingerprint density at radius 3 is 3.00 bits per heavy atom. The number of hydrogen-bond acceptors (Lipinski definition) is 3. The zero-order valence-electron chi connectivity index (χ0n) is 8.79. The number of primary amides is 1. The molecule has 1 aliphatic carbocycles. The van der Waals surface area contributed by atoms with Gasteiger partial charge in [0.15, 0.2) is 0 Å². The van der Waals surface area contributed by atoms with Gasteiger partial charge in [-0.15, -0.1) is 0 Å². The Morgan fingerprint density at radius 2 is 2.36 bits per heavy atom. The van der Waals surface area contributed by atoms with E-state index in [0.717, 1.165) is 11.8 Å². The third-order valence-electron chi connectivity index (χ3n) is 2.59. The Balaban J connectivity index is 2.07. The number of thioether (sulfide) groups is 1. The molecule has 1 aliphatic rings. The molecule has 14 heavy (non-hydrogen) atoms. The lowest BCUT2D eigenvalue weighted by Crippen LogP contribution is -2.30. The number of amides is 1. The first kappa shape index (κ1) is 11.9. The summed E-state index contributed by atoms with van der Waals surface area (Å²) in [6.45, 7) is 2.95. The van der Waals surface area contributed by atoms with Gasteiger partial charge in [0.25, 0.3) is 0 Å². The van der Waals surface area contributed by atoms with Crippen LogP contribution in [-0.4, -0.2) is 29.5 Å². The van der Waals surface area contributed by atoms with Gasteiger partial charge in [-0.3, -0.25) is 4.79 Å². The standard InChI is InChI=1S/C10H20N2OS/c1-2-14-9-4-3-8(7-9)12-6-5-10(11)13/h8-9,12H,2-7H2,1H3,(H2,11,13). The highest BCUT2D eigenvalue weighted by atomic mass is 32.2. The first-order valence-corrected chi connectivity index (χ1v) is 6.40. The van der Waals surface area contributed by atoms with Gasteiger partial charge in [-0.25, -0.2) is 0 Å². The van der Waals surface area contributed by atoms with Gasteiger partial charge < -0.3 is 11.1 Å². The fraction of sp³-hybridized carbons (Fsp3) is 0.900. The summed E-state index contributed by atoms with van der Waals surface area (Å²) in [4.78, 5) is 10.5. The van der Waals surface area contributed by atoms with Crippen molar-refractivity contribution in [3.8, 4) is 0 Å². The molecule has 0 heterocycles. The molecule has 4 heteroatoms. The molecule has 3 N–H and O–H groups in total. The minimum Gasteiger partial charge on any atom is -0.370 e. The summed E-state index contributed by atoms with van der Waals surface area (Å²) in [5, 5.41) is 4.21. The Morgan fingerprint density at radius 1 is 1.57 bits per heavy atom. The molecule has 1 rings (SSSR count). The maximum atomic E-state index is 10.5. The fourth-order valence-electron chi connectivity index (χ4n) is 1.91. The number of carbonyl (C=O) groups excluding carboxylic acids is 1. The molecule has 2 atom stereocenters. The van der Waals surface area contributed by atoms with Crippen LogP contribution in [0.5, 0.6) is 0 Å². The van der Waals surface area contributed by atoms with E-state index in [1.54, 1.807) is 0 Å². The maximum absolute atomic E-state index is 10.5. The Hall–Kier alpha value is -0.220. The lowest BCUT2D eigenvalue weighted by Gasteiger charge is -2.11. The highest BCUT2D eigenvalue weighted by molar-refractivity contribution is 7.99. The van der Waals surface area contributed by atoms with Crippen molar-refractivity contribution in [2.75, 3.05) is 12.3 Å². The maximum Gasteiger partial charge on any atom is 0.218 e. The SMILES string of the molecule is CCSC1CCC(NCCC(N)=O)C1. The van der Waals surface area contributed by atoms with Gasteiger partial charge in [-0.05, 0) is 25.0 Å². The Kier molecular flexibility index (Phi) is 5.33. The van der Waals surface area contributed by atoms with Crippen molar-refractivity contribution < 1.29 is 4.79 Å². The van der Waals surface area contributed by atoms with Crippen molar-refractivity contribution in [2.24, 2.45) is 5.73 Å². The monoisotopic (exact) mass is 216 g/mol.